The van der Waals surface area contributed by atoms with Gasteiger partial charge in [-0.25, -0.2) is 4.39 Å². The number of amides is 1. The van der Waals surface area contributed by atoms with Gasteiger partial charge in [0, 0.05) is 18.7 Å². The summed E-state index contributed by atoms with van der Waals surface area (Å²) < 4.78 is 19.2. The van der Waals surface area contributed by atoms with E-state index >= 15 is 0 Å². The summed E-state index contributed by atoms with van der Waals surface area (Å²) >= 11 is 0. The largest absolute Gasteiger partial charge is 0.507 e. The molecule has 1 fully saturated rings. The first-order chi connectivity index (χ1) is 14.3. The Kier molecular flexibility index (Phi) is 6.67. The van der Waals surface area contributed by atoms with E-state index in [9.17, 15) is 19.1 Å². The Morgan fingerprint density at radius 2 is 1.87 bits per heavy atom. The number of Topliss-reactive ketones (excluding diaryl/α,β-unsaturated/α-hetero) is 1. The monoisotopic (exact) mass is 411 g/mol. The van der Waals surface area contributed by atoms with Gasteiger partial charge in [-0.05, 0) is 56.5 Å². The van der Waals surface area contributed by atoms with Crippen LogP contribution in [0.15, 0.2) is 54.1 Å². The van der Waals surface area contributed by atoms with E-state index in [4.69, 9.17) is 4.74 Å². The highest BCUT2D eigenvalue weighted by Crippen LogP contribution is 2.39. The van der Waals surface area contributed by atoms with Gasteiger partial charge in [-0.15, -0.1) is 0 Å². The normalized spacial score (nSPS) is 18.4. The lowest BCUT2D eigenvalue weighted by molar-refractivity contribution is -0.140. The fourth-order valence-electron chi connectivity index (χ4n) is 3.59. The Bertz CT molecular complexity index is 968. The lowest BCUT2D eigenvalue weighted by atomic mass is 9.95. The number of benzene rings is 2. The van der Waals surface area contributed by atoms with Crippen molar-refractivity contribution in [3.8, 4) is 0 Å². The summed E-state index contributed by atoms with van der Waals surface area (Å²) in [5, 5.41) is 11.0. The maximum Gasteiger partial charge on any atom is 0.295 e. The number of ketones is 1. The Hall–Kier alpha value is -2.99. The van der Waals surface area contributed by atoms with Crippen LogP contribution in [0.4, 0.5) is 4.39 Å². The molecule has 1 atom stereocenters. The molecule has 1 aliphatic rings. The van der Waals surface area contributed by atoms with Gasteiger partial charge in [0.2, 0.25) is 0 Å². The number of carbonyl (C=O) groups is 2. The lowest BCUT2D eigenvalue weighted by Crippen LogP contribution is -2.31. The average molecular weight is 411 g/mol. The Balaban J connectivity index is 2.02. The Labute approximate surface area is 175 Å². The number of nitrogens with zero attached hydrogens (tertiary/aromatic N) is 1. The zero-order valence-corrected chi connectivity index (χ0v) is 17.4. The second-order valence-electron chi connectivity index (χ2n) is 7.64. The highest BCUT2D eigenvalue weighted by atomic mass is 19.1. The quantitative estimate of drug-likeness (QED) is 0.318. The minimum absolute atomic E-state index is 0.0157. The predicted octanol–water partition coefficient (Wildman–Crippen LogP) is 4.37. The molecule has 0 spiro atoms. The summed E-state index contributed by atoms with van der Waals surface area (Å²) in [5.74, 6) is -2.11. The molecule has 5 nitrogen and oxygen atoms in total. The number of halogens is 1. The van der Waals surface area contributed by atoms with Gasteiger partial charge in [0.15, 0.2) is 0 Å². The van der Waals surface area contributed by atoms with Crippen LogP contribution in [0.25, 0.3) is 5.76 Å². The number of likely N-dealkylation sites (tertiary alicyclic amines) is 1. The summed E-state index contributed by atoms with van der Waals surface area (Å²) in [6.07, 6.45) is 0.636. The number of aliphatic hydroxyl groups excluding tert-OH is 1. The zero-order valence-electron chi connectivity index (χ0n) is 17.4. The zero-order chi connectivity index (χ0) is 21.8. The van der Waals surface area contributed by atoms with Crippen molar-refractivity contribution in [1.82, 2.24) is 4.90 Å². The van der Waals surface area contributed by atoms with Crippen LogP contribution in [0, 0.1) is 12.7 Å². The molecule has 0 radical (unpaired) electrons. The third kappa shape index (κ3) is 4.44. The van der Waals surface area contributed by atoms with Crippen molar-refractivity contribution in [3.63, 3.8) is 0 Å². The molecule has 1 saturated heterocycles. The van der Waals surface area contributed by atoms with Crippen LogP contribution in [0.1, 0.15) is 43.0 Å². The van der Waals surface area contributed by atoms with E-state index in [0.29, 0.717) is 30.7 Å². The van der Waals surface area contributed by atoms with Gasteiger partial charge in [0.25, 0.3) is 11.7 Å². The molecule has 2 aromatic rings. The van der Waals surface area contributed by atoms with Gasteiger partial charge in [0.05, 0.1) is 17.7 Å². The standard InChI is InChI=1S/C24H26FNO4/c1-15(2)30-13-7-12-26-21(17-8-5-4-6-9-17)20(23(28)24(26)29)22(27)18-10-11-19(25)16(3)14-18/h4-6,8-11,14-15,21,27H,7,12-13H2,1-3H3/b22-20-. The maximum absolute atomic E-state index is 13.7. The number of hydrogen-bond acceptors (Lipinski definition) is 4. The molecule has 1 heterocycles. The second kappa shape index (κ2) is 9.22. The number of hydrogen-bond donors (Lipinski definition) is 1. The molecule has 1 N–H and O–H groups in total. The number of rotatable bonds is 7. The predicted molar refractivity (Wildman–Crippen MR) is 112 cm³/mol. The maximum atomic E-state index is 13.7. The van der Waals surface area contributed by atoms with Crippen LogP contribution < -0.4 is 0 Å². The fourth-order valence-corrected chi connectivity index (χ4v) is 3.59. The SMILES string of the molecule is Cc1cc(/C(O)=C2/C(=O)C(=O)N(CCCOC(C)C)C2c2ccccc2)ccc1F. The number of aryl methyl sites for hydroxylation is 1. The third-order valence-electron chi connectivity index (χ3n) is 5.08. The molecule has 0 aliphatic carbocycles. The molecule has 2 aromatic carbocycles. The van der Waals surface area contributed by atoms with E-state index in [1.54, 1.807) is 6.92 Å². The van der Waals surface area contributed by atoms with Crippen molar-refractivity contribution in [2.24, 2.45) is 0 Å². The number of ether oxygens (including phenoxy) is 1. The van der Waals surface area contributed by atoms with Gasteiger partial charge < -0.3 is 14.7 Å². The minimum Gasteiger partial charge on any atom is -0.507 e. The summed E-state index contributed by atoms with van der Waals surface area (Å²) in [7, 11) is 0. The second-order valence-corrected chi connectivity index (χ2v) is 7.64. The molecule has 1 unspecified atom stereocenters. The first-order valence-electron chi connectivity index (χ1n) is 10.0. The molecule has 0 bridgehead atoms. The van der Waals surface area contributed by atoms with E-state index in [2.05, 4.69) is 0 Å². The van der Waals surface area contributed by atoms with Gasteiger partial charge in [0.1, 0.15) is 11.6 Å². The van der Waals surface area contributed by atoms with Crippen LogP contribution in [-0.4, -0.2) is 41.0 Å². The van der Waals surface area contributed by atoms with Crippen molar-refractivity contribution in [2.75, 3.05) is 13.2 Å². The molecule has 6 heteroatoms. The average Bonchev–Trinajstić information content (AvgIpc) is 2.98. The smallest absolute Gasteiger partial charge is 0.295 e. The summed E-state index contributed by atoms with van der Waals surface area (Å²) in [6.45, 7) is 6.21. The van der Waals surface area contributed by atoms with E-state index in [-0.39, 0.29) is 17.4 Å². The van der Waals surface area contributed by atoms with E-state index in [1.807, 2.05) is 44.2 Å². The van der Waals surface area contributed by atoms with Crippen LogP contribution in [0.2, 0.25) is 0 Å². The van der Waals surface area contributed by atoms with E-state index < -0.39 is 23.5 Å². The molecular formula is C24H26FNO4. The summed E-state index contributed by atoms with van der Waals surface area (Å²) in [6, 6.07) is 12.5. The van der Waals surface area contributed by atoms with Gasteiger partial charge in [-0.3, -0.25) is 9.59 Å². The highest BCUT2D eigenvalue weighted by molar-refractivity contribution is 6.46. The summed E-state index contributed by atoms with van der Waals surface area (Å²) in [4.78, 5) is 27.2. The van der Waals surface area contributed by atoms with Crippen molar-refractivity contribution in [3.05, 3.63) is 76.6 Å². The molecule has 158 valence electrons. The van der Waals surface area contributed by atoms with Crippen LogP contribution in [-0.2, 0) is 14.3 Å². The minimum atomic E-state index is -0.742. The van der Waals surface area contributed by atoms with Crippen LogP contribution in [0.5, 0.6) is 0 Å². The molecule has 0 saturated carbocycles. The van der Waals surface area contributed by atoms with Crippen molar-refractivity contribution < 1.29 is 23.8 Å². The molecule has 3 rings (SSSR count). The third-order valence-corrected chi connectivity index (χ3v) is 5.08. The molecule has 1 amide bonds. The lowest BCUT2D eigenvalue weighted by Gasteiger charge is -2.25. The summed E-state index contributed by atoms with van der Waals surface area (Å²) in [5.41, 5.74) is 1.38. The number of aliphatic hydroxyl groups is 1. The van der Waals surface area contributed by atoms with Gasteiger partial charge in [-0.2, -0.15) is 0 Å². The Morgan fingerprint density at radius 3 is 2.50 bits per heavy atom. The van der Waals surface area contributed by atoms with Crippen LogP contribution >= 0.6 is 0 Å². The number of carbonyl (C=O) groups excluding carboxylic acids is 2. The van der Waals surface area contributed by atoms with Crippen molar-refractivity contribution >= 4 is 17.4 Å². The van der Waals surface area contributed by atoms with Gasteiger partial charge >= 0.3 is 0 Å². The highest BCUT2D eigenvalue weighted by Gasteiger charge is 2.45. The molecule has 1 aliphatic heterocycles. The van der Waals surface area contributed by atoms with Crippen molar-refractivity contribution in [1.29, 1.82) is 0 Å². The molecule has 30 heavy (non-hydrogen) atoms. The van der Waals surface area contributed by atoms with E-state index in [0.717, 1.165) is 5.56 Å². The van der Waals surface area contributed by atoms with Crippen LogP contribution in [0.3, 0.4) is 0 Å². The molecule has 0 aromatic heterocycles. The van der Waals surface area contributed by atoms with Gasteiger partial charge in [-0.1, -0.05) is 30.3 Å². The first-order valence-corrected chi connectivity index (χ1v) is 10.0. The Morgan fingerprint density at radius 1 is 1.17 bits per heavy atom. The first kappa shape index (κ1) is 21.7. The van der Waals surface area contributed by atoms with E-state index in [1.165, 1.54) is 23.1 Å². The van der Waals surface area contributed by atoms with Crippen molar-refractivity contribution in [2.45, 2.75) is 39.3 Å². The fraction of sp³-hybridized carbons (Fsp3) is 0.333. The topological polar surface area (TPSA) is 66.8 Å². The molecular weight excluding hydrogens is 385 g/mol.